The number of H-pyrrole nitrogens is 1. The number of hydrogen-bond acceptors (Lipinski definition) is 15. The van der Waals surface area contributed by atoms with Gasteiger partial charge in [-0.2, -0.15) is 4.98 Å². The first-order chi connectivity index (χ1) is 22.6. The molecule has 2 aromatic rings. The van der Waals surface area contributed by atoms with E-state index in [4.69, 9.17) is 38.5 Å². The van der Waals surface area contributed by atoms with Crippen LogP contribution in [0.4, 0.5) is 5.82 Å². The van der Waals surface area contributed by atoms with E-state index in [1.165, 1.54) is 57.2 Å². The second-order valence-electron chi connectivity index (χ2n) is 11.8. The molecule has 0 spiro atoms. The van der Waals surface area contributed by atoms with Crippen molar-refractivity contribution in [3.63, 3.8) is 0 Å². The summed E-state index contributed by atoms with van der Waals surface area (Å²) in [5.74, 6) is -1.18. The number of aromatic amines is 1. The molecule has 4 heterocycles. The highest BCUT2D eigenvalue weighted by molar-refractivity contribution is 7.45. The Morgan fingerprint density at radius 3 is 2.27 bits per heavy atom. The van der Waals surface area contributed by atoms with Crippen LogP contribution >= 0.6 is 7.82 Å². The first-order valence-corrected chi connectivity index (χ1v) is 16.7. The molecule has 4 rings (SSSR count). The standard InChI is InChI=1S/C28H43N6O13P/c1-14(2)43-13-18-16(22(41-5)25(45-18)34-10-8-20(35)32-28(34)38)11-21(36)30-12-17-23(47-48(39,40)46-15(3)4)24(42-6)26(44-17)33-9-7-19(29)31-27(33)37/h7-10,14-18,22-26H,11-13H2,1-6H3,(H,30,36)(H,39,40)(H2,29,31,37)(H,32,35,38)/p-1/t16-,17?,18?,22-,23-,24-,25?,26?/m1/s1. The molecule has 4 N–H and O–H groups in total. The molecule has 0 aromatic carbocycles. The summed E-state index contributed by atoms with van der Waals surface area (Å²) < 4.78 is 54.6. The third kappa shape index (κ3) is 9.04. The van der Waals surface area contributed by atoms with Crippen molar-refractivity contribution in [1.82, 2.24) is 24.4 Å². The number of nitrogens with zero attached hydrogens (tertiary/aromatic N) is 3. The van der Waals surface area contributed by atoms with Crippen LogP contribution in [0.25, 0.3) is 0 Å². The highest BCUT2D eigenvalue weighted by Crippen LogP contribution is 2.46. The number of phosphoric ester groups is 1. The molecule has 0 aliphatic carbocycles. The van der Waals surface area contributed by atoms with Crippen LogP contribution in [0.3, 0.4) is 0 Å². The summed E-state index contributed by atoms with van der Waals surface area (Å²) in [4.78, 5) is 69.0. The lowest BCUT2D eigenvalue weighted by atomic mass is 9.93. The minimum absolute atomic E-state index is 0.0377. The van der Waals surface area contributed by atoms with Crippen LogP contribution in [0.15, 0.2) is 38.9 Å². The third-order valence-electron chi connectivity index (χ3n) is 7.68. The Morgan fingerprint density at radius 2 is 1.67 bits per heavy atom. The van der Waals surface area contributed by atoms with E-state index >= 15 is 0 Å². The fourth-order valence-electron chi connectivity index (χ4n) is 5.65. The third-order valence-corrected chi connectivity index (χ3v) is 8.86. The van der Waals surface area contributed by atoms with Gasteiger partial charge in [0.1, 0.15) is 30.2 Å². The van der Waals surface area contributed by atoms with E-state index < -0.39 is 85.7 Å². The highest BCUT2D eigenvalue weighted by Gasteiger charge is 2.50. The molecular formula is C28H42N6O13P-. The largest absolute Gasteiger partial charge is 0.756 e. The van der Waals surface area contributed by atoms with E-state index in [-0.39, 0.29) is 31.5 Å². The predicted octanol–water partition coefficient (Wildman–Crippen LogP) is -0.973. The topological polar surface area (TPSA) is 250 Å². The molecular weight excluding hydrogens is 659 g/mol. The number of carbonyl (C=O) groups is 1. The summed E-state index contributed by atoms with van der Waals surface area (Å²) in [6, 6.07) is 2.52. The van der Waals surface area contributed by atoms with Crippen LogP contribution in [0.1, 0.15) is 46.6 Å². The lowest BCUT2D eigenvalue weighted by Crippen LogP contribution is -2.44. The smallest absolute Gasteiger partial charge is 0.351 e. The number of phosphoric acid groups is 1. The fraction of sp³-hybridized carbons (Fsp3) is 0.679. The maximum Gasteiger partial charge on any atom is 0.351 e. The van der Waals surface area contributed by atoms with Crippen molar-refractivity contribution < 1.29 is 47.0 Å². The Bertz CT molecular complexity index is 1630. The minimum Gasteiger partial charge on any atom is -0.756 e. The number of nitrogens with two attached hydrogens (primary N) is 1. The Morgan fingerprint density at radius 1 is 1.02 bits per heavy atom. The molecule has 9 atom stereocenters. The molecule has 2 aromatic heterocycles. The number of anilines is 1. The van der Waals surface area contributed by atoms with Gasteiger partial charge in [0.2, 0.25) is 5.91 Å². The van der Waals surface area contributed by atoms with Gasteiger partial charge >= 0.3 is 11.4 Å². The summed E-state index contributed by atoms with van der Waals surface area (Å²) >= 11 is 0. The van der Waals surface area contributed by atoms with E-state index in [0.29, 0.717) is 0 Å². The zero-order valence-electron chi connectivity index (χ0n) is 27.4. The summed E-state index contributed by atoms with van der Waals surface area (Å²) in [7, 11) is -2.23. The van der Waals surface area contributed by atoms with Gasteiger partial charge in [0, 0.05) is 51.6 Å². The fourth-order valence-corrected chi connectivity index (χ4v) is 6.77. The van der Waals surface area contributed by atoms with E-state index in [1.807, 2.05) is 13.8 Å². The van der Waals surface area contributed by atoms with Crippen LogP contribution in [-0.4, -0.2) is 95.1 Å². The van der Waals surface area contributed by atoms with Crippen molar-refractivity contribution >= 4 is 19.5 Å². The number of ether oxygens (including phenoxy) is 5. The van der Waals surface area contributed by atoms with Crippen molar-refractivity contribution in [2.24, 2.45) is 5.92 Å². The monoisotopic (exact) mass is 701 g/mol. The van der Waals surface area contributed by atoms with E-state index in [9.17, 15) is 28.6 Å². The number of nitrogen functional groups attached to an aromatic ring is 1. The maximum absolute atomic E-state index is 13.5. The molecule has 0 saturated carbocycles. The number of aromatic nitrogens is 4. The lowest BCUT2D eigenvalue weighted by Gasteiger charge is -2.31. The van der Waals surface area contributed by atoms with Gasteiger partial charge in [-0.15, -0.1) is 0 Å². The Balaban J connectivity index is 1.55. The first kappa shape index (κ1) is 37.6. The van der Waals surface area contributed by atoms with Crippen LogP contribution in [-0.2, 0) is 42.1 Å². The number of carbonyl (C=O) groups excluding carboxylic acids is 1. The molecule has 0 radical (unpaired) electrons. The normalized spacial score (nSPS) is 28.6. The van der Waals surface area contributed by atoms with Gasteiger partial charge in [0.05, 0.1) is 24.9 Å². The molecule has 48 heavy (non-hydrogen) atoms. The summed E-state index contributed by atoms with van der Waals surface area (Å²) in [6.07, 6.45) is -5.88. The van der Waals surface area contributed by atoms with Gasteiger partial charge in [-0.3, -0.25) is 28.3 Å². The van der Waals surface area contributed by atoms with Gasteiger partial charge in [0.15, 0.2) is 12.5 Å². The molecule has 5 unspecified atom stereocenters. The van der Waals surface area contributed by atoms with E-state index in [1.54, 1.807) is 0 Å². The van der Waals surface area contributed by atoms with Crippen LogP contribution in [0.5, 0.6) is 0 Å². The SMILES string of the molecule is CO[C@H]1C(n2ccc(=O)[nH]c2=O)OC(COC(C)C)[C@H]1CC(=O)NCC1OC(n2ccc(N)nc2=O)[C@H](OC)[C@@H]1OP(=O)([O-])OC(C)C. The molecule has 2 saturated heterocycles. The Kier molecular flexibility index (Phi) is 12.5. The number of rotatable bonds is 15. The van der Waals surface area contributed by atoms with Gasteiger partial charge in [0.25, 0.3) is 13.4 Å². The molecule has 268 valence electrons. The molecule has 2 aliphatic heterocycles. The van der Waals surface area contributed by atoms with Crippen LogP contribution in [0.2, 0.25) is 0 Å². The Labute approximate surface area is 275 Å². The number of methoxy groups -OCH3 is 2. The number of amides is 1. The quantitative estimate of drug-likeness (QED) is 0.189. The van der Waals surface area contributed by atoms with Crippen LogP contribution in [0, 0.1) is 5.92 Å². The lowest BCUT2D eigenvalue weighted by molar-refractivity contribution is -0.236. The molecule has 0 bridgehead atoms. The maximum atomic E-state index is 13.5. The average molecular weight is 702 g/mol. The van der Waals surface area contributed by atoms with Crippen molar-refractivity contribution in [2.45, 2.75) is 89.3 Å². The molecule has 2 fully saturated rings. The molecule has 20 heteroatoms. The van der Waals surface area contributed by atoms with Crippen LogP contribution < -0.4 is 32.9 Å². The van der Waals surface area contributed by atoms with Crippen molar-refractivity contribution in [3.05, 3.63) is 55.8 Å². The first-order valence-electron chi connectivity index (χ1n) is 15.2. The van der Waals surface area contributed by atoms with E-state index in [2.05, 4.69) is 15.3 Å². The highest BCUT2D eigenvalue weighted by atomic mass is 31.2. The van der Waals surface area contributed by atoms with Crippen molar-refractivity contribution in [3.8, 4) is 0 Å². The second kappa shape index (κ2) is 16.0. The number of hydrogen-bond donors (Lipinski definition) is 3. The zero-order valence-corrected chi connectivity index (χ0v) is 28.3. The van der Waals surface area contributed by atoms with Gasteiger partial charge in [-0.1, -0.05) is 0 Å². The summed E-state index contributed by atoms with van der Waals surface area (Å²) in [5, 5.41) is 2.73. The van der Waals surface area contributed by atoms with Crippen molar-refractivity contribution in [1.29, 1.82) is 0 Å². The summed E-state index contributed by atoms with van der Waals surface area (Å²) in [5.41, 5.74) is 3.53. The van der Waals surface area contributed by atoms with Gasteiger partial charge < -0.3 is 48.7 Å². The van der Waals surface area contributed by atoms with Gasteiger partial charge in [-0.05, 0) is 33.8 Å². The predicted molar refractivity (Wildman–Crippen MR) is 165 cm³/mol. The van der Waals surface area contributed by atoms with E-state index in [0.717, 1.165) is 4.57 Å². The van der Waals surface area contributed by atoms with Gasteiger partial charge in [-0.25, -0.2) is 9.59 Å². The van der Waals surface area contributed by atoms with Crippen molar-refractivity contribution in [2.75, 3.05) is 33.1 Å². The zero-order chi connectivity index (χ0) is 35.3. The minimum atomic E-state index is -4.92. The average Bonchev–Trinajstić information content (AvgIpc) is 3.50. The summed E-state index contributed by atoms with van der Waals surface area (Å²) in [6.45, 7) is 6.46. The number of nitrogens with one attached hydrogen (secondary N) is 2. The molecule has 1 amide bonds. The molecule has 2 aliphatic rings. The molecule has 19 nitrogen and oxygen atoms in total. The second-order valence-corrected chi connectivity index (χ2v) is 13.1. The Hall–Kier alpha value is -3.26.